The van der Waals surface area contributed by atoms with Crippen molar-refractivity contribution in [2.45, 2.75) is 6.10 Å². The molecule has 1 aromatic carbocycles. The molecule has 6 heteroatoms. The van der Waals surface area contributed by atoms with Crippen LogP contribution in [0.5, 0.6) is 5.75 Å². The van der Waals surface area contributed by atoms with Gasteiger partial charge >= 0.3 is 0 Å². The molecule has 0 saturated heterocycles. The Morgan fingerprint density at radius 3 is 2.82 bits per heavy atom. The van der Waals surface area contributed by atoms with E-state index in [-0.39, 0.29) is 11.6 Å². The van der Waals surface area contributed by atoms with E-state index in [2.05, 4.69) is 10.2 Å². The highest BCUT2D eigenvalue weighted by atomic mass is 19.1. The maximum absolute atomic E-state index is 13.5. The fourth-order valence-corrected chi connectivity index (χ4v) is 1.56. The second-order valence-electron chi connectivity index (χ2n) is 3.54. The highest BCUT2D eigenvalue weighted by molar-refractivity contribution is 5.44. The molecule has 0 bridgehead atoms. The number of hydrogen-bond acceptors (Lipinski definition) is 4. The van der Waals surface area contributed by atoms with E-state index in [1.807, 2.05) is 0 Å². The Bertz CT molecular complexity index is 527. The summed E-state index contributed by atoms with van der Waals surface area (Å²) in [7, 11) is 1.38. The third kappa shape index (κ3) is 2.07. The van der Waals surface area contributed by atoms with Gasteiger partial charge in [-0.15, -0.1) is 0 Å². The SMILES string of the molecule is COc1ccc(C(O)c2cn[nH]c2N)cc1F. The Morgan fingerprint density at radius 2 is 2.29 bits per heavy atom. The molecule has 2 aromatic rings. The van der Waals surface area contributed by atoms with Crippen LogP contribution in [-0.2, 0) is 0 Å². The highest BCUT2D eigenvalue weighted by Gasteiger charge is 2.16. The van der Waals surface area contributed by atoms with Crippen molar-refractivity contribution in [3.63, 3.8) is 0 Å². The van der Waals surface area contributed by atoms with Crippen LogP contribution in [0.15, 0.2) is 24.4 Å². The summed E-state index contributed by atoms with van der Waals surface area (Å²) in [6.07, 6.45) is 0.386. The highest BCUT2D eigenvalue weighted by Crippen LogP contribution is 2.28. The van der Waals surface area contributed by atoms with Gasteiger partial charge in [0.05, 0.1) is 13.3 Å². The number of aromatic amines is 1. The molecule has 0 fully saturated rings. The van der Waals surface area contributed by atoms with Crippen molar-refractivity contribution in [1.82, 2.24) is 10.2 Å². The van der Waals surface area contributed by atoms with Crippen LogP contribution in [0.25, 0.3) is 0 Å². The van der Waals surface area contributed by atoms with Crippen molar-refractivity contribution < 1.29 is 14.2 Å². The molecule has 4 N–H and O–H groups in total. The number of nitrogens with one attached hydrogen (secondary N) is 1. The molecular formula is C11H12FN3O2. The van der Waals surface area contributed by atoms with E-state index >= 15 is 0 Å². The number of rotatable bonds is 3. The average Bonchev–Trinajstić information content (AvgIpc) is 2.74. The van der Waals surface area contributed by atoms with Gasteiger partial charge in [-0.2, -0.15) is 5.10 Å². The molecule has 2 rings (SSSR count). The molecule has 1 atom stereocenters. The molecule has 0 spiro atoms. The van der Waals surface area contributed by atoms with Gasteiger partial charge in [-0.25, -0.2) is 4.39 Å². The Hall–Kier alpha value is -2.08. The maximum Gasteiger partial charge on any atom is 0.165 e. The lowest BCUT2D eigenvalue weighted by Gasteiger charge is -2.11. The zero-order valence-electron chi connectivity index (χ0n) is 9.14. The summed E-state index contributed by atoms with van der Waals surface area (Å²) in [5.74, 6) is -0.152. The van der Waals surface area contributed by atoms with E-state index < -0.39 is 11.9 Å². The fourth-order valence-electron chi connectivity index (χ4n) is 1.56. The number of methoxy groups -OCH3 is 1. The number of H-pyrrole nitrogens is 1. The number of aliphatic hydroxyl groups is 1. The van der Waals surface area contributed by atoms with Crippen LogP contribution in [0.1, 0.15) is 17.2 Å². The minimum atomic E-state index is -1.02. The van der Waals surface area contributed by atoms with Gasteiger partial charge in [-0.05, 0) is 17.7 Å². The molecule has 90 valence electrons. The molecule has 0 aliphatic rings. The van der Waals surface area contributed by atoms with Crippen molar-refractivity contribution in [1.29, 1.82) is 0 Å². The third-order valence-electron chi connectivity index (χ3n) is 2.49. The summed E-state index contributed by atoms with van der Waals surface area (Å²) in [6.45, 7) is 0. The Balaban J connectivity index is 2.35. The molecule has 0 radical (unpaired) electrons. The minimum absolute atomic E-state index is 0.126. The van der Waals surface area contributed by atoms with E-state index in [1.165, 1.54) is 25.4 Å². The first-order valence-corrected chi connectivity index (χ1v) is 4.93. The van der Waals surface area contributed by atoms with Gasteiger partial charge in [0.2, 0.25) is 0 Å². The normalized spacial score (nSPS) is 12.4. The van der Waals surface area contributed by atoms with Gasteiger partial charge in [0.15, 0.2) is 11.6 Å². The summed E-state index contributed by atoms with van der Waals surface area (Å²) < 4.78 is 18.3. The molecule has 0 aliphatic heterocycles. The van der Waals surface area contributed by atoms with Crippen molar-refractivity contribution in [3.8, 4) is 5.75 Å². The van der Waals surface area contributed by atoms with Gasteiger partial charge in [0.1, 0.15) is 11.9 Å². The number of hydrogen-bond donors (Lipinski definition) is 3. The van der Waals surface area contributed by atoms with Gasteiger partial charge in [-0.1, -0.05) is 6.07 Å². The van der Waals surface area contributed by atoms with Gasteiger partial charge in [-0.3, -0.25) is 5.10 Å². The van der Waals surface area contributed by atoms with E-state index in [4.69, 9.17) is 10.5 Å². The number of nitrogens with two attached hydrogens (primary N) is 1. The smallest absolute Gasteiger partial charge is 0.165 e. The predicted molar refractivity (Wildman–Crippen MR) is 60.0 cm³/mol. The fraction of sp³-hybridized carbons (Fsp3) is 0.182. The molecule has 0 aliphatic carbocycles. The van der Waals surface area contributed by atoms with Gasteiger partial charge in [0.25, 0.3) is 0 Å². The number of ether oxygens (including phenoxy) is 1. The number of halogens is 1. The van der Waals surface area contributed by atoms with Crippen LogP contribution in [0.4, 0.5) is 10.2 Å². The average molecular weight is 237 g/mol. The largest absolute Gasteiger partial charge is 0.494 e. The number of nitrogens with zero attached hydrogens (tertiary/aromatic N) is 1. The Kier molecular flexibility index (Phi) is 2.97. The number of aromatic nitrogens is 2. The van der Waals surface area contributed by atoms with Crippen molar-refractivity contribution in [2.24, 2.45) is 0 Å². The summed E-state index contributed by atoms with van der Waals surface area (Å²) in [5.41, 5.74) is 6.37. The molecule has 5 nitrogen and oxygen atoms in total. The van der Waals surface area contributed by atoms with E-state index in [0.29, 0.717) is 11.1 Å². The summed E-state index contributed by atoms with van der Waals surface area (Å²) in [5, 5.41) is 16.2. The standard InChI is InChI=1S/C11H12FN3O2/c1-17-9-3-2-6(4-8(9)12)10(16)7-5-14-15-11(7)13/h2-5,10,16H,1H3,(H3,13,14,15). The monoisotopic (exact) mass is 237 g/mol. The van der Waals surface area contributed by atoms with Crippen LogP contribution in [0.3, 0.4) is 0 Å². The maximum atomic E-state index is 13.5. The van der Waals surface area contributed by atoms with Crippen LogP contribution < -0.4 is 10.5 Å². The lowest BCUT2D eigenvalue weighted by molar-refractivity contribution is 0.220. The lowest BCUT2D eigenvalue weighted by atomic mass is 10.0. The van der Waals surface area contributed by atoms with Crippen LogP contribution >= 0.6 is 0 Å². The predicted octanol–water partition coefficient (Wildman–Crippen LogP) is 1.22. The molecule has 1 unspecified atom stereocenters. The number of nitrogen functional groups attached to an aromatic ring is 1. The molecular weight excluding hydrogens is 225 g/mol. The van der Waals surface area contributed by atoms with E-state index in [0.717, 1.165) is 0 Å². The molecule has 0 amide bonds. The summed E-state index contributed by atoms with van der Waals surface area (Å²) in [6, 6.07) is 4.22. The third-order valence-corrected chi connectivity index (χ3v) is 2.49. The molecule has 1 aromatic heterocycles. The first-order valence-electron chi connectivity index (χ1n) is 4.93. The topological polar surface area (TPSA) is 84.2 Å². The first kappa shape index (κ1) is 11.4. The van der Waals surface area contributed by atoms with Crippen LogP contribution in [-0.4, -0.2) is 22.4 Å². The molecule has 0 saturated carbocycles. The number of aliphatic hydroxyl groups excluding tert-OH is 1. The van der Waals surface area contributed by atoms with Crippen LogP contribution in [0, 0.1) is 5.82 Å². The summed E-state index contributed by atoms with van der Waals surface area (Å²) >= 11 is 0. The number of benzene rings is 1. The first-order chi connectivity index (χ1) is 8.13. The molecule has 1 heterocycles. The van der Waals surface area contributed by atoms with Crippen LogP contribution in [0.2, 0.25) is 0 Å². The Morgan fingerprint density at radius 1 is 1.53 bits per heavy atom. The van der Waals surface area contributed by atoms with Crippen molar-refractivity contribution >= 4 is 5.82 Å². The zero-order valence-corrected chi connectivity index (χ0v) is 9.14. The minimum Gasteiger partial charge on any atom is -0.494 e. The van der Waals surface area contributed by atoms with E-state index in [1.54, 1.807) is 6.07 Å². The second kappa shape index (κ2) is 4.42. The second-order valence-corrected chi connectivity index (χ2v) is 3.54. The van der Waals surface area contributed by atoms with Gasteiger partial charge in [0, 0.05) is 5.56 Å². The van der Waals surface area contributed by atoms with Crippen molar-refractivity contribution in [2.75, 3.05) is 12.8 Å². The zero-order chi connectivity index (χ0) is 12.4. The summed E-state index contributed by atoms with van der Waals surface area (Å²) in [4.78, 5) is 0. The van der Waals surface area contributed by atoms with E-state index in [9.17, 15) is 9.50 Å². The quantitative estimate of drug-likeness (QED) is 0.749. The number of anilines is 1. The van der Waals surface area contributed by atoms with Crippen molar-refractivity contribution in [3.05, 3.63) is 41.3 Å². The van der Waals surface area contributed by atoms with Gasteiger partial charge < -0.3 is 15.6 Å². The lowest BCUT2D eigenvalue weighted by Crippen LogP contribution is -2.03. The Labute approximate surface area is 97.0 Å². The molecule has 17 heavy (non-hydrogen) atoms.